The molecule has 15 heavy (non-hydrogen) atoms. The molecule has 2 heterocycles. The maximum absolute atomic E-state index is 9.51. The number of hydrogen-bond acceptors (Lipinski definition) is 7. The highest BCUT2D eigenvalue weighted by molar-refractivity contribution is 4.97. The van der Waals surface area contributed by atoms with Crippen molar-refractivity contribution in [3.05, 3.63) is 5.82 Å². The average molecular weight is 216 g/mol. The molecule has 8 nitrogen and oxygen atoms in total. The van der Waals surface area contributed by atoms with E-state index < -0.39 is 24.6 Å². The Morgan fingerprint density at radius 3 is 2.53 bits per heavy atom. The highest BCUT2D eigenvalue weighted by Gasteiger charge is 2.44. The van der Waals surface area contributed by atoms with Crippen molar-refractivity contribution in [3.63, 3.8) is 0 Å². The third-order valence-electron chi connectivity index (χ3n) is 2.24. The van der Waals surface area contributed by atoms with E-state index in [9.17, 15) is 10.2 Å². The highest BCUT2D eigenvalue weighted by atomic mass is 16.6. The van der Waals surface area contributed by atoms with Crippen LogP contribution in [0, 0.1) is 0 Å². The van der Waals surface area contributed by atoms with Crippen LogP contribution in [0.5, 0.6) is 0 Å². The lowest BCUT2D eigenvalue weighted by Crippen LogP contribution is -2.30. The quantitative estimate of drug-likeness (QED) is 0.514. The Morgan fingerprint density at radius 2 is 2.07 bits per heavy atom. The zero-order chi connectivity index (χ0) is 11.0. The molecule has 0 bridgehead atoms. The molecule has 1 fully saturated rings. The lowest BCUT2D eigenvalue weighted by Gasteiger charge is -2.09. The van der Waals surface area contributed by atoms with Crippen LogP contribution in [0.3, 0.4) is 0 Å². The maximum Gasteiger partial charge on any atom is 0.206 e. The van der Waals surface area contributed by atoms with E-state index in [1.165, 1.54) is 4.80 Å². The van der Waals surface area contributed by atoms with Gasteiger partial charge in [-0.05, 0) is 12.1 Å². The number of aromatic nitrogens is 4. The second-order valence-electron chi connectivity index (χ2n) is 3.26. The van der Waals surface area contributed by atoms with Crippen LogP contribution < -0.4 is 0 Å². The summed E-state index contributed by atoms with van der Waals surface area (Å²) in [7, 11) is 0. The Kier molecular flexibility index (Phi) is 2.65. The summed E-state index contributed by atoms with van der Waals surface area (Å²) in [5.74, 6) is 0.153. The molecule has 2 rings (SSSR count). The topological polar surface area (TPSA) is 114 Å². The highest BCUT2D eigenvalue weighted by Crippen LogP contribution is 2.29. The van der Waals surface area contributed by atoms with Crippen LogP contribution in [0.2, 0.25) is 0 Å². The first kappa shape index (κ1) is 10.4. The predicted molar refractivity (Wildman–Crippen MR) is 45.3 cm³/mol. The molecule has 0 unspecified atom stereocenters. The van der Waals surface area contributed by atoms with Gasteiger partial charge in [-0.15, -0.1) is 10.2 Å². The summed E-state index contributed by atoms with van der Waals surface area (Å²) >= 11 is 0. The van der Waals surface area contributed by atoms with E-state index in [1.54, 1.807) is 0 Å². The molecule has 0 aromatic carbocycles. The van der Waals surface area contributed by atoms with E-state index in [2.05, 4.69) is 15.4 Å². The van der Waals surface area contributed by atoms with Gasteiger partial charge in [-0.2, -0.15) is 4.80 Å². The second kappa shape index (κ2) is 3.81. The van der Waals surface area contributed by atoms with E-state index in [0.29, 0.717) is 6.54 Å². The molecule has 0 radical (unpaired) electrons. The third kappa shape index (κ3) is 1.72. The fourth-order valence-electron chi connectivity index (χ4n) is 1.38. The Hall–Kier alpha value is -1.09. The molecule has 84 valence electrons. The number of aryl methyl sites for hydroxylation is 1. The van der Waals surface area contributed by atoms with Gasteiger partial charge < -0.3 is 20.1 Å². The van der Waals surface area contributed by atoms with Crippen molar-refractivity contribution in [3.8, 4) is 0 Å². The fourth-order valence-corrected chi connectivity index (χ4v) is 1.38. The lowest BCUT2D eigenvalue weighted by atomic mass is 10.1. The lowest BCUT2D eigenvalue weighted by molar-refractivity contribution is -0.129. The smallest absolute Gasteiger partial charge is 0.206 e. The van der Waals surface area contributed by atoms with E-state index in [4.69, 9.17) is 9.84 Å². The first-order chi connectivity index (χ1) is 7.13. The Labute approximate surface area is 85.1 Å². The summed E-state index contributed by atoms with van der Waals surface area (Å²) in [6, 6.07) is 0. The summed E-state index contributed by atoms with van der Waals surface area (Å²) < 4.78 is 4.91. The van der Waals surface area contributed by atoms with Crippen molar-refractivity contribution < 1.29 is 20.1 Å². The van der Waals surface area contributed by atoms with Gasteiger partial charge in [0.05, 0.1) is 6.54 Å². The predicted octanol–water partition coefficient (Wildman–Crippen LogP) is -2.20. The SMILES string of the molecule is CCn1nnc([C@H]2O[C@@H](O)[C@H](O)[C@@H]2O)n1. The van der Waals surface area contributed by atoms with Crippen molar-refractivity contribution in [1.29, 1.82) is 0 Å². The van der Waals surface area contributed by atoms with Gasteiger partial charge in [-0.3, -0.25) is 0 Å². The molecule has 3 N–H and O–H groups in total. The standard InChI is InChI=1S/C7H12N4O4/c1-2-11-9-6(8-10-11)5-3(12)4(13)7(14)15-5/h3-5,7,12-14H,2H2,1H3/t3-,4+,5-,7+/m0/s1. The molecule has 1 aliphatic rings. The summed E-state index contributed by atoms with van der Waals surface area (Å²) in [6.45, 7) is 2.38. The van der Waals surface area contributed by atoms with Gasteiger partial charge in [-0.1, -0.05) is 0 Å². The van der Waals surface area contributed by atoms with Crippen molar-refractivity contribution in [1.82, 2.24) is 20.2 Å². The molecule has 1 aromatic rings. The van der Waals surface area contributed by atoms with Crippen LogP contribution in [0.25, 0.3) is 0 Å². The van der Waals surface area contributed by atoms with Gasteiger partial charge in [0, 0.05) is 0 Å². The van der Waals surface area contributed by atoms with Crippen molar-refractivity contribution in [2.45, 2.75) is 38.1 Å². The van der Waals surface area contributed by atoms with Crippen molar-refractivity contribution >= 4 is 0 Å². The number of aliphatic hydroxyl groups excluding tert-OH is 3. The van der Waals surface area contributed by atoms with Gasteiger partial charge in [0.1, 0.15) is 12.2 Å². The van der Waals surface area contributed by atoms with Gasteiger partial charge in [0.15, 0.2) is 12.4 Å². The minimum absolute atomic E-state index is 0.153. The maximum atomic E-state index is 9.51. The van der Waals surface area contributed by atoms with E-state index >= 15 is 0 Å². The summed E-state index contributed by atoms with van der Waals surface area (Å²) in [5.41, 5.74) is 0. The van der Waals surface area contributed by atoms with Crippen LogP contribution in [0.15, 0.2) is 0 Å². The molecular formula is C7H12N4O4. The van der Waals surface area contributed by atoms with Gasteiger partial charge >= 0.3 is 0 Å². The molecule has 0 saturated carbocycles. The van der Waals surface area contributed by atoms with E-state index in [-0.39, 0.29) is 5.82 Å². The summed E-state index contributed by atoms with van der Waals surface area (Å²) in [5, 5.41) is 39.2. The van der Waals surface area contributed by atoms with Crippen LogP contribution >= 0.6 is 0 Å². The Balaban J connectivity index is 2.17. The number of tetrazole rings is 1. The molecule has 4 atom stereocenters. The second-order valence-corrected chi connectivity index (χ2v) is 3.26. The molecule has 8 heteroatoms. The number of rotatable bonds is 2. The summed E-state index contributed by atoms with van der Waals surface area (Å²) in [4.78, 5) is 1.32. The Bertz CT molecular complexity index is 343. The number of aliphatic hydroxyl groups is 3. The monoisotopic (exact) mass is 216 g/mol. The van der Waals surface area contributed by atoms with Crippen LogP contribution in [-0.4, -0.2) is 54.0 Å². The number of hydrogen-bond donors (Lipinski definition) is 3. The van der Waals surface area contributed by atoms with E-state index in [1.807, 2.05) is 6.92 Å². The van der Waals surface area contributed by atoms with Crippen LogP contribution in [-0.2, 0) is 11.3 Å². The van der Waals surface area contributed by atoms with Crippen molar-refractivity contribution in [2.75, 3.05) is 0 Å². The first-order valence-corrected chi connectivity index (χ1v) is 4.61. The van der Waals surface area contributed by atoms with Gasteiger partial charge in [0.2, 0.25) is 5.82 Å². The zero-order valence-electron chi connectivity index (χ0n) is 8.06. The number of ether oxygens (including phenoxy) is 1. The molecule has 1 aromatic heterocycles. The van der Waals surface area contributed by atoms with Gasteiger partial charge in [0.25, 0.3) is 0 Å². The molecule has 1 saturated heterocycles. The molecule has 0 aliphatic carbocycles. The molecule has 0 amide bonds. The third-order valence-corrected chi connectivity index (χ3v) is 2.24. The normalized spacial score (nSPS) is 36.0. The zero-order valence-corrected chi connectivity index (χ0v) is 8.06. The molecular weight excluding hydrogens is 204 g/mol. The molecule has 0 spiro atoms. The first-order valence-electron chi connectivity index (χ1n) is 4.61. The number of nitrogens with zero attached hydrogens (tertiary/aromatic N) is 4. The minimum atomic E-state index is -1.42. The minimum Gasteiger partial charge on any atom is -0.387 e. The Morgan fingerprint density at radius 1 is 1.33 bits per heavy atom. The van der Waals surface area contributed by atoms with Crippen LogP contribution in [0.4, 0.5) is 0 Å². The van der Waals surface area contributed by atoms with Crippen molar-refractivity contribution in [2.24, 2.45) is 0 Å². The molecule has 1 aliphatic heterocycles. The average Bonchev–Trinajstić information content (AvgIpc) is 2.79. The van der Waals surface area contributed by atoms with Crippen LogP contribution in [0.1, 0.15) is 18.9 Å². The van der Waals surface area contributed by atoms with Gasteiger partial charge in [-0.25, -0.2) is 0 Å². The van der Waals surface area contributed by atoms with E-state index in [0.717, 1.165) is 0 Å². The largest absolute Gasteiger partial charge is 0.387 e. The fraction of sp³-hybridized carbons (Fsp3) is 0.857. The summed E-state index contributed by atoms with van der Waals surface area (Å²) in [6.07, 6.45) is -4.94.